The molecule has 0 bridgehead atoms. The molecule has 1 aliphatic rings. The fourth-order valence-corrected chi connectivity index (χ4v) is 2.12. The number of amides is 1. The van der Waals surface area contributed by atoms with Crippen molar-refractivity contribution in [3.05, 3.63) is 41.1 Å². The number of carbonyl (C=O) groups is 1. The molecule has 0 unspecified atom stereocenters. The lowest BCUT2D eigenvalue weighted by Crippen LogP contribution is -2.13. The zero-order valence-corrected chi connectivity index (χ0v) is 8.37. The molecule has 0 saturated heterocycles. The van der Waals surface area contributed by atoms with Crippen molar-refractivity contribution in [3.8, 4) is 0 Å². The third-order valence-electron chi connectivity index (χ3n) is 2.87. The molecule has 3 heteroatoms. The first kappa shape index (κ1) is 8.41. The molecule has 1 N–H and O–H groups in total. The predicted molar refractivity (Wildman–Crippen MR) is 57.7 cm³/mol. The lowest BCUT2D eigenvalue weighted by molar-refractivity contribution is 0.0965. The van der Waals surface area contributed by atoms with Gasteiger partial charge in [-0.2, -0.15) is 0 Å². The second-order valence-electron chi connectivity index (χ2n) is 3.76. The molecule has 3 nitrogen and oxygen atoms in total. The molecule has 3 rings (SSSR count). The molecule has 1 amide bonds. The lowest BCUT2D eigenvalue weighted by Gasteiger charge is -2.05. The second kappa shape index (κ2) is 2.79. The van der Waals surface area contributed by atoms with Crippen LogP contribution in [0.1, 0.15) is 21.6 Å². The van der Waals surface area contributed by atoms with Crippen LogP contribution in [0.4, 0.5) is 0 Å². The zero-order valence-electron chi connectivity index (χ0n) is 8.37. The Morgan fingerprint density at radius 2 is 2.13 bits per heavy atom. The first-order chi connectivity index (χ1) is 7.27. The third-order valence-corrected chi connectivity index (χ3v) is 2.87. The number of carbonyl (C=O) groups excluding carboxylic acids is 1. The SMILES string of the molecule is Cc1c2c(nc3ccccc13)CNC2=O. The number of pyridine rings is 1. The average molecular weight is 198 g/mol. The van der Waals surface area contributed by atoms with E-state index in [1.54, 1.807) is 0 Å². The highest BCUT2D eigenvalue weighted by molar-refractivity contribution is 6.03. The van der Waals surface area contributed by atoms with E-state index in [2.05, 4.69) is 10.3 Å². The Labute approximate surface area is 87.1 Å². The summed E-state index contributed by atoms with van der Waals surface area (Å²) in [5.74, 6) is 0.000697. The first-order valence-corrected chi connectivity index (χ1v) is 4.94. The summed E-state index contributed by atoms with van der Waals surface area (Å²) in [4.78, 5) is 16.1. The van der Waals surface area contributed by atoms with Crippen LogP contribution in [-0.4, -0.2) is 10.9 Å². The van der Waals surface area contributed by atoms with Crippen molar-refractivity contribution < 1.29 is 4.79 Å². The maximum absolute atomic E-state index is 11.6. The smallest absolute Gasteiger partial charge is 0.253 e. The molecular formula is C12H10N2O. The normalized spacial score (nSPS) is 14.1. The molecule has 15 heavy (non-hydrogen) atoms. The van der Waals surface area contributed by atoms with E-state index in [0.717, 1.165) is 27.7 Å². The Balaban J connectivity index is 2.46. The number of benzene rings is 1. The highest BCUT2D eigenvalue weighted by Crippen LogP contribution is 2.25. The van der Waals surface area contributed by atoms with Crippen molar-refractivity contribution in [2.24, 2.45) is 0 Å². The fourth-order valence-electron chi connectivity index (χ4n) is 2.12. The van der Waals surface area contributed by atoms with Crippen LogP contribution in [-0.2, 0) is 6.54 Å². The minimum atomic E-state index is 0.000697. The van der Waals surface area contributed by atoms with Gasteiger partial charge < -0.3 is 5.32 Å². The molecule has 0 fully saturated rings. The predicted octanol–water partition coefficient (Wildman–Crippen LogP) is 1.79. The van der Waals surface area contributed by atoms with Gasteiger partial charge in [0.15, 0.2) is 0 Å². The van der Waals surface area contributed by atoms with E-state index in [0.29, 0.717) is 6.54 Å². The number of nitrogens with one attached hydrogen (secondary N) is 1. The van der Waals surface area contributed by atoms with Crippen molar-refractivity contribution in [3.63, 3.8) is 0 Å². The number of aromatic nitrogens is 1. The molecule has 2 heterocycles. The van der Waals surface area contributed by atoms with Crippen LogP contribution in [0.5, 0.6) is 0 Å². The Bertz CT molecular complexity index is 575. The molecule has 0 aliphatic carbocycles. The highest BCUT2D eigenvalue weighted by Gasteiger charge is 2.23. The summed E-state index contributed by atoms with van der Waals surface area (Å²) < 4.78 is 0. The number of hydrogen-bond acceptors (Lipinski definition) is 2. The summed E-state index contributed by atoms with van der Waals surface area (Å²) in [7, 11) is 0. The molecule has 2 aromatic rings. The van der Waals surface area contributed by atoms with Gasteiger partial charge in [0.2, 0.25) is 0 Å². The van der Waals surface area contributed by atoms with Gasteiger partial charge in [-0.3, -0.25) is 9.78 Å². The summed E-state index contributed by atoms with van der Waals surface area (Å²) in [5, 5.41) is 3.86. The van der Waals surface area contributed by atoms with E-state index >= 15 is 0 Å². The van der Waals surface area contributed by atoms with Crippen molar-refractivity contribution in [2.75, 3.05) is 0 Å². The van der Waals surface area contributed by atoms with Gasteiger partial charge in [0.05, 0.1) is 23.3 Å². The molecule has 1 aromatic carbocycles. The van der Waals surface area contributed by atoms with E-state index in [1.807, 2.05) is 31.2 Å². The monoisotopic (exact) mass is 198 g/mol. The average Bonchev–Trinajstić information content (AvgIpc) is 2.61. The number of aryl methyl sites for hydroxylation is 1. The summed E-state index contributed by atoms with van der Waals surface area (Å²) in [6, 6.07) is 7.91. The van der Waals surface area contributed by atoms with Crippen LogP contribution in [0.2, 0.25) is 0 Å². The molecule has 74 valence electrons. The summed E-state index contributed by atoms with van der Waals surface area (Å²) in [5.41, 5.74) is 3.63. The van der Waals surface area contributed by atoms with Gasteiger partial charge in [0, 0.05) is 5.39 Å². The van der Waals surface area contributed by atoms with E-state index in [1.165, 1.54) is 0 Å². The van der Waals surface area contributed by atoms with Crippen molar-refractivity contribution in [2.45, 2.75) is 13.5 Å². The maximum atomic E-state index is 11.6. The maximum Gasteiger partial charge on any atom is 0.253 e. The standard InChI is InChI=1S/C12H10N2O/c1-7-8-4-2-3-5-9(8)14-10-6-13-12(15)11(7)10/h2-5H,6H2,1H3,(H,13,15). The molecule has 0 saturated carbocycles. The van der Waals surface area contributed by atoms with Crippen LogP contribution in [0.3, 0.4) is 0 Å². The second-order valence-corrected chi connectivity index (χ2v) is 3.76. The first-order valence-electron chi connectivity index (χ1n) is 4.94. The quantitative estimate of drug-likeness (QED) is 0.701. The third kappa shape index (κ3) is 1.06. The Hall–Kier alpha value is -1.90. The Morgan fingerprint density at radius 1 is 1.33 bits per heavy atom. The molecule has 0 atom stereocenters. The minimum Gasteiger partial charge on any atom is -0.346 e. The van der Waals surface area contributed by atoms with Gasteiger partial charge in [-0.05, 0) is 18.6 Å². The summed E-state index contributed by atoms with van der Waals surface area (Å²) in [6.45, 7) is 2.54. The number of para-hydroxylation sites is 1. The largest absolute Gasteiger partial charge is 0.346 e. The topological polar surface area (TPSA) is 42.0 Å². The van der Waals surface area contributed by atoms with E-state index in [9.17, 15) is 4.79 Å². The fraction of sp³-hybridized carbons (Fsp3) is 0.167. The summed E-state index contributed by atoms with van der Waals surface area (Å²) in [6.07, 6.45) is 0. The summed E-state index contributed by atoms with van der Waals surface area (Å²) >= 11 is 0. The van der Waals surface area contributed by atoms with Gasteiger partial charge >= 0.3 is 0 Å². The van der Waals surface area contributed by atoms with Crippen LogP contribution in [0, 0.1) is 6.92 Å². The zero-order chi connectivity index (χ0) is 10.4. The van der Waals surface area contributed by atoms with Crippen molar-refractivity contribution >= 4 is 16.8 Å². The lowest BCUT2D eigenvalue weighted by atomic mass is 10.0. The highest BCUT2D eigenvalue weighted by atomic mass is 16.1. The Morgan fingerprint density at radius 3 is 3.00 bits per heavy atom. The molecule has 0 spiro atoms. The molecule has 1 aromatic heterocycles. The van der Waals surface area contributed by atoms with E-state index < -0.39 is 0 Å². The number of fused-ring (bicyclic) bond motifs is 2. The number of nitrogens with zero attached hydrogens (tertiary/aromatic N) is 1. The van der Waals surface area contributed by atoms with Crippen LogP contribution in [0.25, 0.3) is 10.9 Å². The van der Waals surface area contributed by atoms with Crippen molar-refractivity contribution in [1.29, 1.82) is 0 Å². The van der Waals surface area contributed by atoms with Crippen molar-refractivity contribution in [1.82, 2.24) is 10.3 Å². The van der Waals surface area contributed by atoms with Crippen LogP contribution < -0.4 is 5.32 Å². The van der Waals surface area contributed by atoms with Gasteiger partial charge in [-0.1, -0.05) is 18.2 Å². The van der Waals surface area contributed by atoms with Gasteiger partial charge in [-0.15, -0.1) is 0 Å². The minimum absolute atomic E-state index is 0.000697. The van der Waals surface area contributed by atoms with E-state index in [4.69, 9.17) is 0 Å². The molecular weight excluding hydrogens is 188 g/mol. The number of rotatable bonds is 0. The van der Waals surface area contributed by atoms with Gasteiger partial charge in [0.25, 0.3) is 5.91 Å². The van der Waals surface area contributed by atoms with Crippen LogP contribution >= 0.6 is 0 Å². The number of hydrogen-bond donors (Lipinski definition) is 1. The molecule has 1 aliphatic heterocycles. The van der Waals surface area contributed by atoms with Gasteiger partial charge in [0.1, 0.15) is 0 Å². The van der Waals surface area contributed by atoms with E-state index in [-0.39, 0.29) is 5.91 Å². The molecule has 0 radical (unpaired) electrons. The van der Waals surface area contributed by atoms with Crippen LogP contribution in [0.15, 0.2) is 24.3 Å². The van der Waals surface area contributed by atoms with Gasteiger partial charge in [-0.25, -0.2) is 0 Å². The Kier molecular flexibility index (Phi) is 1.57.